The largest absolute Gasteiger partial charge is 0.467 e. The van der Waals surface area contributed by atoms with E-state index in [-0.39, 0.29) is 0 Å². The van der Waals surface area contributed by atoms with Crippen LogP contribution in [0.1, 0.15) is 11.1 Å². The van der Waals surface area contributed by atoms with E-state index in [4.69, 9.17) is 34.7 Å². The first-order chi connectivity index (χ1) is 23.0. The number of carbonyl (C=O) groups excluding carboxylic acids is 2. The summed E-state index contributed by atoms with van der Waals surface area (Å²) in [6, 6.07) is 29.3. The van der Waals surface area contributed by atoms with Gasteiger partial charge in [0.2, 0.25) is 0 Å². The standard InChI is InChI=1S/2C17H18ClNO3.2CH3Cl/c2*1-22-17(21)16(20)15(19)9-11-5-7-12(8-6-11)13-3-2-4-14(18)10-13;2*1-2/h2*2-8,10,15-16,20H,9,19H2,1H3;2*1H3/t15-,16+;15-,16-;;/m11../s1. The number of hydrogen-bond donors (Lipinski definition) is 4. The molecule has 0 saturated carbocycles. The third-order valence-electron chi connectivity index (χ3n) is 6.86. The molecule has 0 aliphatic carbocycles. The van der Waals surface area contributed by atoms with E-state index in [1.807, 2.05) is 97.1 Å². The number of benzene rings is 4. The topological polar surface area (TPSA) is 145 Å². The second-order valence-corrected chi connectivity index (χ2v) is 11.0. The first-order valence-corrected chi connectivity index (χ1v) is 16.8. The van der Waals surface area contributed by atoms with Crippen molar-refractivity contribution in [1.29, 1.82) is 0 Å². The fourth-order valence-corrected chi connectivity index (χ4v) is 4.74. The van der Waals surface area contributed by atoms with E-state index in [2.05, 4.69) is 32.7 Å². The molecule has 4 aromatic rings. The van der Waals surface area contributed by atoms with Gasteiger partial charge in [-0.1, -0.05) is 96.0 Å². The number of aliphatic hydroxyl groups is 2. The average Bonchev–Trinajstić information content (AvgIpc) is 3.12. The van der Waals surface area contributed by atoms with Crippen molar-refractivity contribution in [3.8, 4) is 22.3 Å². The first-order valence-electron chi connectivity index (χ1n) is 14.5. The lowest BCUT2D eigenvalue weighted by Gasteiger charge is -2.16. The molecule has 6 N–H and O–H groups in total. The van der Waals surface area contributed by atoms with E-state index >= 15 is 0 Å². The van der Waals surface area contributed by atoms with Gasteiger partial charge in [0.1, 0.15) is 0 Å². The molecule has 0 aliphatic heterocycles. The van der Waals surface area contributed by atoms with Crippen LogP contribution in [0.3, 0.4) is 0 Å². The normalized spacial score (nSPS) is 12.6. The molecule has 0 aromatic heterocycles. The minimum atomic E-state index is -1.32. The maximum absolute atomic E-state index is 11.2. The van der Waals surface area contributed by atoms with E-state index in [0.717, 1.165) is 33.4 Å². The Labute approximate surface area is 302 Å². The predicted molar refractivity (Wildman–Crippen MR) is 197 cm³/mol. The molecule has 48 heavy (non-hydrogen) atoms. The molecule has 4 atom stereocenters. The number of methoxy groups -OCH3 is 2. The minimum absolute atomic E-state index is 0.381. The highest BCUT2D eigenvalue weighted by molar-refractivity contribution is 6.31. The fraction of sp³-hybridized carbons (Fsp3) is 0.278. The van der Waals surface area contributed by atoms with Crippen molar-refractivity contribution in [2.75, 3.05) is 27.0 Å². The van der Waals surface area contributed by atoms with Crippen LogP contribution in [-0.2, 0) is 31.9 Å². The van der Waals surface area contributed by atoms with Crippen molar-refractivity contribution in [1.82, 2.24) is 0 Å². The average molecular weight is 741 g/mol. The molecule has 0 bridgehead atoms. The first kappa shape index (κ1) is 42.8. The van der Waals surface area contributed by atoms with Crippen LogP contribution in [0.15, 0.2) is 97.1 Å². The van der Waals surface area contributed by atoms with Gasteiger partial charge in [0.15, 0.2) is 12.2 Å². The number of esters is 2. The van der Waals surface area contributed by atoms with Crippen LogP contribution in [0.2, 0.25) is 10.0 Å². The van der Waals surface area contributed by atoms with Crippen molar-refractivity contribution in [2.45, 2.75) is 37.1 Å². The zero-order valence-electron chi connectivity index (χ0n) is 27.2. The summed E-state index contributed by atoms with van der Waals surface area (Å²) in [4.78, 5) is 22.5. The molecule has 0 amide bonds. The van der Waals surface area contributed by atoms with Crippen molar-refractivity contribution in [2.24, 2.45) is 11.5 Å². The van der Waals surface area contributed by atoms with Crippen LogP contribution in [-0.4, -0.2) is 73.4 Å². The summed E-state index contributed by atoms with van der Waals surface area (Å²) in [6.07, 6.45) is 1.06. The van der Waals surface area contributed by atoms with Gasteiger partial charge in [0, 0.05) is 34.9 Å². The highest BCUT2D eigenvalue weighted by Gasteiger charge is 2.24. The Bertz CT molecular complexity index is 1410. The van der Waals surface area contributed by atoms with Gasteiger partial charge >= 0.3 is 11.9 Å². The molecule has 0 fully saturated rings. The maximum atomic E-state index is 11.2. The Hall–Kier alpha value is -3.18. The summed E-state index contributed by atoms with van der Waals surface area (Å²) in [5, 5.41) is 20.8. The molecule has 4 rings (SSSR count). The van der Waals surface area contributed by atoms with Gasteiger partial charge < -0.3 is 31.2 Å². The van der Waals surface area contributed by atoms with Crippen molar-refractivity contribution in [3.63, 3.8) is 0 Å². The van der Waals surface area contributed by atoms with Gasteiger partial charge in [-0.15, -0.1) is 23.2 Å². The molecule has 0 saturated heterocycles. The Morgan fingerprint density at radius 2 is 0.896 bits per heavy atom. The van der Waals surface area contributed by atoms with Crippen molar-refractivity contribution < 1.29 is 29.3 Å². The molecule has 0 spiro atoms. The molecule has 12 heteroatoms. The van der Waals surface area contributed by atoms with Crippen molar-refractivity contribution in [3.05, 3.63) is 118 Å². The summed E-state index contributed by atoms with van der Waals surface area (Å²) >= 11 is 21.2. The van der Waals surface area contributed by atoms with E-state index < -0.39 is 36.2 Å². The smallest absolute Gasteiger partial charge is 0.336 e. The Kier molecular flexibility index (Phi) is 20.7. The van der Waals surface area contributed by atoms with Crippen LogP contribution >= 0.6 is 46.4 Å². The number of alkyl halides is 2. The maximum Gasteiger partial charge on any atom is 0.336 e. The van der Waals surface area contributed by atoms with Crippen molar-refractivity contribution >= 4 is 58.3 Å². The fourth-order valence-electron chi connectivity index (χ4n) is 4.36. The lowest BCUT2D eigenvalue weighted by Crippen LogP contribution is -2.42. The molecule has 0 aliphatic rings. The number of halogens is 4. The second kappa shape index (κ2) is 23.2. The van der Waals surface area contributed by atoms with E-state index in [1.54, 1.807) is 0 Å². The second-order valence-electron chi connectivity index (χ2n) is 10.1. The monoisotopic (exact) mass is 738 g/mol. The van der Waals surface area contributed by atoms with E-state index in [0.29, 0.717) is 22.9 Å². The summed E-state index contributed by atoms with van der Waals surface area (Å²) in [5.41, 5.74) is 17.6. The summed E-state index contributed by atoms with van der Waals surface area (Å²) in [5.74, 6) is -1.44. The Morgan fingerprint density at radius 1 is 0.583 bits per heavy atom. The van der Waals surface area contributed by atoms with Gasteiger partial charge in [0.05, 0.1) is 14.2 Å². The summed E-state index contributed by atoms with van der Waals surface area (Å²) in [6.45, 7) is 0. The van der Waals surface area contributed by atoms with Crippen LogP contribution in [0, 0.1) is 0 Å². The lowest BCUT2D eigenvalue weighted by atomic mass is 9.99. The molecule has 8 nitrogen and oxygen atoms in total. The Morgan fingerprint density at radius 3 is 1.17 bits per heavy atom. The van der Waals surface area contributed by atoms with Gasteiger partial charge in [-0.2, -0.15) is 0 Å². The molecule has 0 radical (unpaired) electrons. The summed E-state index contributed by atoms with van der Waals surface area (Å²) < 4.78 is 8.96. The SMILES string of the molecule is CCl.CCl.COC(=O)[C@@H](O)[C@H](N)Cc1ccc(-c2cccc(Cl)c2)cc1.COC(=O)[C@H](O)[C@H](N)Cc1ccc(-c2cccc(Cl)c2)cc1. The van der Waals surface area contributed by atoms with E-state index in [9.17, 15) is 19.8 Å². The molecular formula is C36H42Cl4N2O6. The van der Waals surface area contributed by atoms with Crippen LogP contribution < -0.4 is 11.5 Å². The zero-order chi connectivity index (χ0) is 36.2. The quantitative estimate of drug-likeness (QED) is 0.106. The van der Waals surface area contributed by atoms with Crippen LogP contribution in [0.4, 0.5) is 0 Å². The highest BCUT2D eigenvalue weighted by atomic mass is 35.5. The van der Waals surface area contributed by atoms with Gasteiger partial charge in [-0.05, 0) is 70.5 Å². The molecule has 260 valence electrons. The van der Waals surface area contributed by atoms with Gasteiger partial charge in [0.25, 0.3) is 0 Å². The van der Waals surface area contributed by atoms with Crippen LogP contribution in [0.5, 0.6) is 0 Å². The van der Waals surface area contributed by atoms with Gasteiger partial charge in [-0.25, -0.2) is 9.59 Å². The number of nitrogens with two attached hydrogens (primary N) is 2. The summed E-state index contributed by atoms with van der Waals surface area (Å²) in [7, 11) is 2.44. The Balaban J connectivity index is 0.000000435. The van der Waals surface area contributed by atoms with Crippen LogP contribution in [0.25, 0.3) is 22.3 Å². The number of aliphatic hydroxyl groups excluding tert-OH is 2. The number of ether oxygens (including phenoxy) is 2. The van der Waals surface area contributed by atoms with E-state index in [1.165, 1.54) is 27.0 Å². The number of hydrogen-bond acceptors (Lipinski definition) is 8. The predicted octanol–water partition coefficient (Wildman–Crippen LogP) is 6.53. The highest BCUT2D eigenvalue weighted by Crippen LogP contribution is 2.24. The molecule has 0 unspecified atom stereocenters. The third kappa shape index (κ3) is 14.1. The lowest BCUT2D eigenvalue weighted by molar-refractivity contribution is -0.152. The minimum Gasteiger partial charge on any atom is -0.467 e. The number of carbonyl (C=O) groups is 2. The molecular weight excluding hydrogens is 698 g/mol. The van der Waals surface area contributed by atoms with Gasteiger partial charge in [-0.3, -0.25) is 0 Å². The number of rotatable bonds is 10. The molecule has 4 aromatic carbocycles. The molecule has 0 heterocycles. The third-order valence-corrected chi connectivity index (χ3v) is 7.33. The zero-order valence-corrected chi connectivity index (χ0v) is 30.2.